The quantitative estimate of drug-likeness (QED) is 0.718. The van der Waals surface area contributed by atoms with Crippen molar-refractivity contribution in [2.24, 2.45) is 0 Å². The summed E-state index contributed by atoms with van der Waals surface area (Å²) in [7, 11) is 1.79. The minimum Gasteiger partial charge on any atom is -0.378 e. The Morgan fingerprint density at radius 1 is 1.22 bits per heavy atom. The summed E-state index contributed by atoms with van der Waals surface area (Å²) >= 11 is 0. The van der Waals surface area contributed by atoms with Crippen LogP contribution in [0.5, 0.6) is 0 Å². The summed E-state index contributed by atoms with van der Waals surface area (Å²) in [5, 5.41) is 5.68. The molecule has 4 amide bonds. The summed E-state index contributed by atoms with van der Waals surface area (Å²) in [5.41, 5.74) is 1.47. The fraction of sp³-hybridized carbons (Fsp3) is 0.600. The van der Waals surface area contributed by atoms with E-state index >= 15 is 0 Å². The van der Waals surface area contributed by atoms with Crippen molar-refractivity contribution in [2.75, 3.05) is 43.5 Å². The number of benzene rings is 1. The van der Waals surface area contributed by atoms with Gasteiger partial charge in [-0.05, 0) is 37.5 Å². The van der Waals surface area contributed by atoms with E-state index in [2.05, 4.69) is 10.6 Å². The molecule has 0 spiro atoms. The van der Waals surface area contributed by atoms with E-state index in [1.165, 1.54) is 32.1 Å². The second-order valence-corrected chi connectivity index (χ2v) is 7.27. The van der Waals surface area contributed by atoms with E-state index in [4.69, 9.17) is 4.74 Å². The van der Waals surface area contributed by atoms with Crippen LogP contribution < -0.4 is 15.5 Å². The van der Waals surface area contributed by atoms with Gasteiger partial charge in [-0.1, -0.05) is 25.3 Å². The number of hydrogen-bond acceptors (Lipinski definition) is 3. The molecule has 1 aromatic rings. The van der Waals surface area contributed by atoms with Gasteiger partial charge in [0.1, 0.15) is 0 Å². The van der Waals surface area contributed by atoms with Crippen molar-refractivity contribution in [1.82, 2.24) is 10.2 Å². The highest BCUT2D eigenvalue weighted by atomic mass is 16.5. The molecule has 7 nitrogen and oxygen atoms in total. The predicted molar refractivity (Wildman–Crippen MR) is 106 cm³/mol. The average Bonchev–Trinajstić information content (AvgIpc) is 3.01. The van der Waals surface area contributed by atoms with Crippen LogP contribution in [0.1, 0.15) is 38.5 Å². The van der Waals surface area contributed by atoms with Crippen molar-refractivity contribution in [2.45, 2.75) is 44.6 Å². The van der Waals surface area contributed by atoms with Crippen LogP contribution in [0.25, 0.3) is 0 Å². The maximum absolute atomic E-state index is 12.1. The van der Waals surface area contributed by atoms with E-state index in [1.807, 2.05) is 24.3 Å². The number of nitrogens with one attached hydrogen (secondary N) is 2. The first-order valence-corrected chi connectivity index (χ1v) is 9.92. The Morgan fingerprint density at radius 2 is 2.04 bits per heavy atom. The molecule has 0 aromatic heterocycles. The van der Waals surface area contributed by atoms with Gasteiger partial charge < -0.3 is 20.3 Å². The number of hydrogen-bond donors (Lipinski definition) is 2. The molecule has 2 aliphatic rings. The van der Waals surface area contributed by atoms with Gasteiger partial charge in [0.05, 0.1) is 6.10 Å². The Bertz CT molecular complexity index is 646. The van der Waals surface area contributed by atoms with E-state index in [0.717, 1.165) is 12.1 Å². The standard InChI is InChI=1S/C20H30N4O3/c1-23-12-13-24(20(23)26)17-8-5-7-16(15-17)22-19(25)21-11-6-14-27-18-9-3-2-4-10-18/h5,7-8,15,18H,2-4,6,9-14H2,1H3,(H2,21,22,25). The van der Waals surface area contributed by atoms with Crippen LogP contribution in [-0.4, -0.2) is 56.4 Å². The van der Waals surface area contributed by atoms with Crippen LogP contribution in [0.15, 0.2) is 24.3 Å². The summed E-state index contributed by atoms with van der Waals surface area (Å²) in [6.07, 6.45) is 7.40. The van der Waals surface area contributed by atoms with Gasteiger partial charge in [0, 0.05) is 44.7 Å². The van der Waals surface area contributed by atoms with Gasteiger partial charge in [0.2, 0.25) is 0 Å². The number of anilines is 2. The van der Waals surface area contributed by atoms with Crippen molar-refractivity contribution in [3.05, 3.63) is 24.3 Å². The van der Waals surface area contributed by atoms with Crippen LogP contribution in [-0.2, 0) is 4.74 Å². The van der Waals surface area contributed by atoms with Gasteiger partial charge in [-0.25, -0.2) is 9.59 Å². The maximum atomic E-state index is 12.1. The third-order valence-electron chi connectivity index (χ3n) is 5.14. The fourth-order valence-electron chi connectivity index (χ4n) is 3.57. The summed E-state index contributed by atoms with van der Waals surface area (Å²) in [5.74, 6) is 0. The molecule has 2 N–H and O–H groups in total. The van der Waals surface area contributed by atoms with E-state index in [1.54, 1.807) is 16.8 Å². The summed E-state index contributed by atoms with van der Waals surface area (Å²) in [6.45, 7) is 2.63. The second kappa shape index (κ2) is 9.60. The Morgan fingerprint density at radius 3 is 2.78 bits per heavy atom. The van der Waals surface area contributed by atoms with Crippen LogP contribution in [0.2, 0.25) is 0 Å². The highest BCUT2D eigenvalue weighted by molar-refractivity contribution is 5.95. The van der Waals surface area contributed by atoms with Crippen molar-refractivity contribution in [3.8, 4) is 0 Å². The monoisotopic (exact) mass is 374 g/mol. The molecule has 7 heteroatoms. The minimum atomic E-state index is -0.241. The molecule has 1 aliphatic heterocycles. The zero-order valence-corrected chi connectivity index (χ0v) is 16.1. The lowest BCUT2D eigenvalue weighted by Crippen LogP contribution is -2.31. The number of rotatable bonds is 7. The second-order valence-electron chi connectivity index (χ2n) is 7.27. The number of carbonyl (C=O) groups is 2. The Balaban J connectivity index is 1.38. The number of urea groups is 2. The number of amides is 4. The molecule has 27 heavy (non-hydrogen) atoms. The normalized spacial score (nSPS) is 18.0. The molecular formula is C20H30N4O3. The highest BCUT2D eigenvalue weighted by Gasteiger charge is 2.26. The van der Waals surface area contributed by atoms with Gasteiger partial charge in [0.25, 0.3) is 0 Å². The number of carbonyl (C=O) groups excluding carboxylic acids is 2. The highest BCUT2D eigenvalue weighted by Crippen LogP contribution is 2.23. The lowest BCUT2D eigenvalue weighted by molar-refractivity contribution is 0.0276. The molecule has 1 heterocycles. The minimum absolute atomic E-state index is 0.0189. The Hall–Kier alpha value is -2.28. The SMILES string of the molecule is CN1CCN(c2cccc(NC(=O)NCCCOC3CCCCC3)c2)C1=O. The first-order valence-electron chi connectivity index (χ1n) is 9.92. The third-order valence-corrected chi connectivity index (χ3v) is 5.14. The average molecular weight is 374 g/mol. The zero-order valence-electron chi connectivity index (χ0n) is 16.1. The zero-order chi connectivity index (χ0) is 19.1. The van der Waals surface area contributed by atoms with E-state index < -0.39 is 0 Å². The Labute approximate surface area is 161 Å². The summed E-state index contributed by atoms with van der Waals surface area (Å²) < 4.78 is 5.86. The smallest absolute Gasteiger partial charge is 0.324 e. The molecule has 0 radical (unpaired) electrons. The first kappa shape index (κ1) is 19.5. The Kier molecular flexibility index (Phi) is 6.92. The van der Waals surface area contributed by atoms with Gasteiger partial charge in [-0.15, -0.1) is 0 Å². The molecule has 148 valence electrons. The van der Waals surface area contributed by atoms with Gasteiger partial charge in [-0.2, -0.15) is 0 Å². The molecule has 0 bridgehead atoms. The molecule has 0 atom stereocenters. The molecule has 1 saturated heterocycles. The summed E-state index contributed by atoms with van der Waals surface area (Å²) in [6, 6.07) is 7.10. The number of ether oxygens (including phenoxy) is 1. The largest absolute Gasteiger partial charge is 0.378 e. The molecule has 1 aromatic carbocycles. The van der Waals surface area contributed by atoms with E-state index in [-0.39, 0.29) is 12.1 Å². The van der Waals surface area contributed by atoms with Gasteiger partial charge >= 0.3 is 12.1 Å². The van der Waals surface area contributed by atoms with E-state index in [0.29, 0.717) is 38.0 Å². The van der Waals surface area contributed by atoms with Crippen LogP contribution in [0, 0.1) is 0 Å². The topological polar surface area (TPSA) is 73.9 Å². The lowest BCUT2D eigenvalue weighted by Gasteiger charge is -2.21. The molecule has 0 unspecified atom stereocenters. The van der Waals surface area contributed by atoms with Gasteiger partial charge in [0.15, 0.2) is 0 Å². The molecule has 3 rings (SSSR count). The number of nitrogens with zero attached hydrogens (tertiary/aromatic N) is 2. The van der Waals surface area contributed by atoms with Crippen LogP contribution in [0.3, 0.4) is 0 Å². The van der Waals surface area contributed by atoms with E-state index in [9.17, 15) is 9.59 Å². The van der Waals surface area contributed by atoms with Gasteiger partial charge in [-0.3, -0.25) is 4.90 Å². The summed E-state index contributed by atoms with van der Waals surface area (Å²) in [4.78, 5) is 27.6. The lowest BCUT2D eigenvalue weighted by atomic mass is 9.98. The predicted octanol–water partition coefficient (Wildman–Crippen LogP) is 3.42. The maximum Gasteiger partial charge on any atom is 0.324 e. The van der Waals surface area contributed by atoms with Crippen LogP contribution in [0.4, 0.5) is 21.0 Å². The van der Waals surface area contributed by atoms with Crippen molar-refractivity contribution in [1.29, 1.82) is 0 Å². The van der Waals surface area contributed by atoms with Crippen LogP contribution >= 0.6 is 0 Å². The molecular weight excluding hydrogens is 344 g/mol. The number of likely N-dealkylation sites (N-methyl/N-ethyl adjacent to an activating group) is 1. The molecule has 1 saturated carbocycles. The first-order chi connectivity index (χ1) is 13.1. The third kappa shape index (κ3) is 5.60. The van der Waals surface area contributed by atoms with Crippen molar-refractivity contribution in [3.63, 3.8) is 0 Å². The molecule has 2 fully saturated rings. The van der Waals surface area contributed by atoms with Crippen molar-refractivity contribution >= 4 is 23.4 Å². The van der Waals surface area contributed by atoms with Crippen molar-refractivity contribution < 1.29 is 14.3 Å². The fourth-order valence-corrected chi connectivity index (χ4v) is 3.57. The molecule has 1 aliphatic carbocycles.